The van der Waals surface area contributed by atoms with E-state index in [4.69, 9.17) is 16.9 Å². The summed E-state index contributed by atoms with van der Waals surface area (Å²) in [5.41, 5.74) is 0.911. The molecule has 0 aliphatic heterocycles. The van der Waals surface area contributed by atoms with Crippen molar-refractivity contribution in [3.8, 4) is 6.07 Å². The van der Waals surface area contributed by atoms with Crippen molar-refractivity contribution in [3.05, 3.63) is 34.9 Å². The molecule has 1 atom stereocenters. The Labute approximate surface area is 89.5 Å². The largest absolute Gasteiger partial charge is 0.296 e. The van der Waals surface area contributed by atoms with E-state index < -0.39 is 0 Å². The molecule has 1 aromatic carbocycles. The van der Waals surface area contributed by atoms with E-state index in [1.165, 1.54) is 0 Å². The van der Waals surface area contributed by atoms with E-state index in [1.807, 2.05) is 32.0 Å². The van der Waals surface area contributed by atoms with Crippen molar-refractivity contribution < 1.29 is 0 Å². The average Bonchev–Trinajstić information content (AvgIpc) is 2.14. The van der Waals surface area contributed by atoms with Crippen LogP contribution in [0.15, 0.2) is 24.3 Å². The van der Waals surface area contributed by atoms with Crippen LogP contribution in [-0.4, -0.2) is 6.04 Å². The van der Waals surface area contributed by atoms with Gasteiger partial charge in [0.2, 0.25) is 0 Å². The molecule has 0 aromatic heterocycles. The summed E-state index contributed by atoms with van der Waals surface area (Å²) in [5, 5.41) is 12.8. The number of rotatable bonds is 3. The Kier molecular flexibility index (Phi) is 3.94. The number of hydrogen-bond donors (Lipinski definition) is 1. The highest BCUT2D eigenvalue weighted by Crippen LogP contribution is 2.17. The summed E-state index contributed by atoms with van der Waals surface area (Å²) in [6.07, 6.45) is 0. The van der Waals surface area contributed by atoms with Crippen LogP contribution in [0, 0.1) is 11.3 Å². The van der Waals surface area contributed by atoms with Crippen molar-refractivity contribution >= 4 is 11.6 Å². The Morgan fingerprint density at radius 2 is 2.14 bits per heavy atom. The normalized spacial score (nSPS) is 12.5. The zero-order chi connectivity index (χ0) is 10.6. The zero-order valence-corrected chi connectivity index (χ0v) is 9.05. The summed E-state index contributed by atoms with van der Waals surface area (Å²) in [6.45, 7) is 4.02. The molecule has 2 nitrogen and oxygen atoms in total. The van der Waals surface area contributed by atoms with E-state index in [1.54, 1.807) is 6.07 Å². The Morgan fingerprint density at radius 3 is 2.64 bits per heavy atom. The Bertz CT molecular complexity index is 341. The van der Waals surface area contributed by atoms with E-state index in [0.29, 0.717) is 5.02 Å². The molecular weight excluding hydrogens is 196 g/mol. The van der Waals surface area contributed by atoms with Crippen LogP contribution in [0.2, 0.25) is 5.02 Å². The highest BCUT2D eigenvalue weighted by atomic mass is 35.5. The third-order valence-corrected chi connectivity index (χ3v) is 2.05. The minimum absolute atomic E-state index is 0.277. The van der Waals surface area contributed by atoms with E-state index in [9.17, 15) is 0 Å². The molecule has 0 amide bonds. The second kappa shape index (κ2) is 4.99. The van der Waals surface area contributed by atoms with Crippen LogP contribution in [-0.2, 0) is 0 Å². The lowest BCUT2D eigenvalue weighted by atomic mass is 10.1. The molecule has 0 bridgehead atoms. The maximum atomic E-state index is 8.96. The lowest BCUT2D eigenvalue weighted by Gasteiger charge is -2.14. The van der Waals surface area contributed by atoms with Crippen LogP contribution in [0.25, 0.3) is 0 Å². The topological polar surface area (TPSA) is 35.8 Å². The van der Waals surface area contributed by atoms with Crippen molar-refractivity contribution in [3.63, 3.8) is 0 Å². The summed E-state index contributed by atoms with van der Waals surface area (Å²) in [6, 6.07) is 9.56. The van der Waals surface area contributed by atoms with Crippen LogP contribution in [0.4, 0.5) is 0 Å². The number of hydrogen-bond acceptors (Lipinski definition) is 2. The number of halogens is 1. The van der Waals surface area contributed by atoms with Gasteiger partial charge >= 0.3 is 0 Å². The molecule has 3 heteroatoms. The molecule has 74 valence electrons. The maximum absolute atomic E-state index is 8.96. The highest BCUT2D eigenvalue weighted by Gasteiger charge is 2.10. The lowest BCUT2D eigenvalue weighted by molar-refractivity contribution is 0.546. The van der Waals surface area contributed by atoms with Gasteiger partial charge in [0.05, 0.1) is 6.07 Å². The van der Waals surface area contributed by atoms with E-state index >= 15 is 0 Å². The van der Waals surface area contributed by atoms with Gasteiger partial charge in [0.15, 0.2) is 0 Å². The predicted octanol–water partition coefficient (Wildman–Crippen LogP) is 2.90. The molecule has 0 aliphatic rings. The molecule has 1 N–H and O–H groups in total. The standard InChI is InChI=1S/C11H13ClN2/c1-8(2)14-11(7-13)9-4-3-5-10(12)6-9/h3-6,8,11,14H,1-2H3. The molecule has 0 saturated heterocycles. The fraction of sp³-hybridized carbons (Fsp3) is 0.364. The first-order valence-electron chi connectivity index (χ1n) is 4.54. The van der Waals surface area contributed by atoms with Gasteiger partial charge in [-0.15, -0.1) is 0 Å². The molecule has 14 heavy (non-hydrogen) atoms. The van der Waals surface area contributed by atoms with Crippen molar-refractivity contribution in [1.29, 1.82) is 5.26 Å². The first-order valence-corrected chi connectivity index (χ1v) is 4.92. The summed E-state index contributed by atoms with van der Waals surface area (Å²) >= 11 is 5.85. The quantitative estimate of drug-likeness (QED) is 0.829. The van der Waals surface area contributed by atoms with Gasteiger partial charge in [-0.25, -0.2) is 0 Å². The van der Waals surface area contributed by atoms with Gasteiger partial charge in [0.25, 0.3) is 0 Å². The van der Waals surface area contributed by atoms with Crippen LogP contribution in [0.1, 0.15) is 25.5 Å². The van der Waals surface area contributed by atoms with Crippen molar-refractivity contribution in [1.82, 2.24) is 5.32 Å². The first kappa shape index (κ1) is 11.0. The van der Waals surface area contributed by atoms with Gasteiger partial charge in [-0.05, 0) is 31.5 Å². The summed E-state index contributed by atoms with van der Waals surface area (Å²) in [7, 11) is 0. The second-order valence-corrected chi connectivity index (χ2v) is 3.87. The molecule has 0 radical (unpaired) electrons. The molecule has 1 rings (SSSR count). The maximum Gasteiger partial charge on any atom is 0.121 e. The number of benzene rings is 1. The number of nitrogens with zero attached hydrogens (tertiary/aromatic N) is 1. The molecule has 0 aliphatic carbocycles. The highest BCUT2D eigenvalue weighted by molar-refractivity contribution is 6.30. The smallest absolute Gasteiger partial charge is 0.121 e. The first-order chi connectivity index (χ1) is 6.63. The monoisotopic (exact) mass is 208 g/mol. The average molecular weight is 209 g/mol. The van der Waals surface area contributed by atoms with Gasteiger partial charge in [-0.2, -0.15) is 5.26 Å². The van der Waals surface area contributed by atoms with Crippen molar-refractivity contribution in [2.45, 2.75) is 25.9 Å². The fourth-order valence-corrected chi connectivity index (χ4v) is 1.43. The number of nitriles is 1. The van der Waals surface area contributed by atoms with Gasteiger partial charge in [-0.1, -0.05) is 23.7 Å². The van der Waals surface area contributed by atoms with Crippen LogP contribution in [0.5, 0.6) is 0 Å². The van der Waals surface area contributed by atoms with Crippen LogP contribution in [0.3, 0.4) is 0 Å². The lowest BCUT2D eigenvalue weighted by Crippen LogP contribution is -2.27. The van der Waals surface area contributed by atoms with Gasteiger partial charge in [0, 0.05) is 11.1 Å². The minimum Gasteiger partial charge on any atom is -0.296 e. The van der Waals surface area contributed by atoms with E-state index in [0.717, 1.165) is 5.56 Å². The molecule has 0 heterocycles. The van der Waals surface area contributed by atoms with Gasteiger partial charge < -0.3 is 0 Å². The van der Waals surface area contributed by atoms with Crippen molar-refractivity contribution in [2.75, 3.05) is 0 Å². The van der Waals surface area contributed by atoms with Crippen LogP contribution < -0.4 is 5.32 Å². The molecule has 1 unspecified atom stereocenters. The molecule has 0 saturated carbocycles. The molecule has 0 fully saturated rings. The van der Waals surface area contributed by atoms with E-state index in [-0.39, 0.29) is 12.1 Å². The SMILES string of the molecule is CC(C)NC(C#N)c1cccc(Cl)c1. The minimum atomic E-state index is -0.284. The fourth-order valence-electron chi connectivity index (χ4n) is 1.23. The van der Waals surface area contributed by atoms with Crippen LogP contribution >= 0.6 is 11.6 Å². The Hall–Kier alpha value is -1.04. The third-order valence-electron chi connectivity index (χ3n) is 1.81. The number of nitrogens with one attached hydrogen (secondary N) is 1. The zero-order valence-electron chi connectivity index (χ0n) is 8.29. The molecular formula is C11H13ClN2. The van der Waals surface area contributed by atoms with E-state index in [2.05, 4.69) is 11.4 Å². The Balaban J connectivity index is 2.85. The summed E-state index contributed by atoms with van der Waals surface area (Å²) < 4.78 is 0. The predicted molar refractivity (Wildman–Crippen MR) is 58.1 cm³/mol. The third kappa shape index (κ3) is 3.02. The second-order valence-electron chi connectivity index (χ2n) is 3.44. The van der Waals surface area contributed by atoms with Crippen molar-refractivity contribution in [2.24, 2.45) is 0 Å². The van der Waals surface area contributed by atoms with Gasteiger partial charge in [0.1, 0.15) is 6.04 Å². The summed E-state index contributed by atoms with van der Waals surface area (Å²) in [4.78, 5) is 0. The Morgan fingerprint density at radius 1 is 1.43 bits per heavy atom. The molecule has 1 aromatic rings. The van der Waals surface area contributed by atoms with Gasteiger partial charge in [-0.3, -0.25) is 5.32 Å². The summed E-state index contributed by atoms with van der Waals surface area (Å²) in [5.74, 6) is 0. The molecule has 0 spiro atoms.